The summed E-state index contributed by atoms with van der Waals surface area (Å²) in [6, 6.07) is 20.7. The fourth-order valence-electron chi connectivity index (χ4n) is 4.05. The lowest BCUT2D eigenvalue weighted by Gasteiger charge is -2.13. The highest BCUT2D eigenvalue weighted by molar-refractivity contribution is 5.93. The molecule has 0 fully saturated rings. The van der Waals surface area contributed by atoms with E-state index in [-0.39, 0.29) is 11.9 Å². The molecule has 5 aromatic rings. The van der Waals surface area contributed by atoms with Gasteiger partial charge in [0, 0.05) is 30.0 Å². The molecule has 0 amide bonds. The number of rotatable bonds is 7. The summed E-state index contributed by atoms with van der Waals surface area (Å²) in [7, 11) is 1.61. The van der Waals surface area contributed by atoms with E-state index in [9.17, 15) is 4.39 Å². The lowest BCUT2D eigenvalue weighted by atomic mass is 10.1. The number of halogens is 1. The molecule has 34 heavy (non-hydrogen) atoms. The van der Waals surface area contributed by atoms with Gasteiger partial charge in [0.1, 0.15) is 23.8 Å². The average Bonchev–Trinajstić information content (AvgIpc) is 3.46. The predicted molar refractivity (Wildman–Crippen MR) is 131 cm³/mol. The first-order chi connectivity index (χ1) is 16.5. The zero-order valence-electron chi connectivity index (χ0n) is 19.2. The predicted octanol–water partition coefficient (Wildman–Crippen LogP) is 6.97. The first-order valence-corrected chi connectivity index (χ1v) is 11.1. The Labute approximate surface area is 197 Å². The normalized spacial score (nSPS) is 11.4. The molecule has 2 heterocycles. The quantitative estimate of drug-likeness (QED) is 0.287. The van der Waals surface area contributed by atoms with E-state index >= 15 is 0 Å². The number of nitrogens with one attached hydrogen (secondary N) is 1. The first-order valence-electron chi connectivity index (χ1n) is 11.1. The topological polar surface area (TPSA) is 65.1 Å². The van der Waals surface area contributed by atoms with E-state index < -0.39 is 0 Å². The minimum Gasteiger partial charge on any atom is -0.438 e. The van der Waals surface area contributed by atoms with Gasteiger partial charge in [-0.2, -0.15) is 0 Å². The van der Waals surface area contributed by atoms with Crippen molar-refractivity contribution in [3.63, 3.8) is 0 Å². The van der Waals surface area contributed by atoms with Crippen LogP contribution in [0.3, 0.4) is 0 Å². The Morgan fingerprint density at radius 1 is 1.00 bits per heavy atom. The maximum Gasteiger partial charge on any atom is 0.220 e. The van der Waals surface area contributed by atoms with E-state index in [1.165, 1.54) is 12.1 Å². The highest BCUT2D eigenvalue weighted by Gasteiger charge is 2.17. The molecule has 0 saturated carbocycles. The summed E-state index contributed by atoms with van der Waals surface area (Å²) in [5.41, 5.74) is 5.51. The number of fused-ring (bicyclic) bond motifs is 1. The number of para-hydroxylation sites is 1. The number of benzene rings is 3. The Bertz CT molecular complexity index is 1420. The van der Waals surface area contributed by atoms with Crippen molar-refractivity contribution in [3.8, 4) is 22.7 Å². The molecule has 0 aliphatic heterocycles. The average molecular weight is 457 g/mol. The second-order valence-electron chi connectivity index (χ2n) is 8.33. The van der Waals surface area contributed by atoms with Crippen LogP contribution in [0, 0.1) is 5.82 Å². The smallest absolute Gasteiger partial charge is 0.220 e. The number of hydrogen-bond donors (Lipinski definition) is 1. The van der Waals surface area contributed by atoms with Crippen molar-refractivity contribution < 1.29 is 13.5 Å². The molecule has 0 unspecified atom stereocenters. The van der Waals surface area contributed by atoms with E-state index in [0.717, 1.165) is 39.4 Å². The maximum atomic E-state index is 13.5. The van der Waals surface area contributed by atoms with Crippen LogP contribution in [-0.4, -0.2) is 21.6 Å². The highest BCUT2D eigenvalue weighted by Crippen LogP contribution is 2.33. The van der Waals surface area contributed by atoms with Crippen LogP contribution in [0.1, 0.15) is 25.8 Å². The van der Waals surface area contributed by atoms with Crippen LogP contribution in [0.5, 0.6) is 0 Å². The largest absolute Gasteiger partial charge is 0.438 e. The molecular weight excluding hydrogens is 431 g/mol. The third-order valence-corrected chi connectivity index (χ3v) is 5.61. The van der Waals surface area contributed by atoms with Crippen LogP contribution >= 0.6 is 0 Å². The molecule has 172 valence electrons. The van der Waals surface area contributed by atoms with Crippen molar-refractivity contribution in [2.45, 2.75) is 26.5 Å². The molecule has 1 N–H and O–H groups in total. The zero-order chi connectivity index (χ0) is 23.7. The standard InChI is InChI=1S/C27H25FN4O2/c1-17(2)32-23-6-4-5-22(26(23)31-27(32)19-7-11-20(28)12-8-19)30-21-13-9-18(10-14-21)24-15-29-25(34-24)16-33-3/h4-15,17,30H,16H2,1-3H3. The molecule has 0 spiro atoms. The number of aromatic nitrogens is 3. The van der Waals surface area contributed by atoms with Crippen molar-refractivity contribution in [1.29, 1.82) is 0 Å². The lowest BCUT2D eigenvalue weighted by molar-refractivity contribution is 0.160. The summed E-state index contributed by atoms with van der Waals surface area (Å²) in [5.74, 6) is 1.79. The lowest BCUT2D eigenvalue weighted by Crippen LogP contribution is -2.03. The molecule has 0 saturated heterocycles. The van der Waals surface area contributed by atoms with E-state index in [1.807, 2.05) is 36.4 Å². The minimum atomic E-state index is -0.262. The van der Waals surface area contributed by atoms with Gasteiger partial charge in [0.25, 0.3) is 0 Å². The van der Waals surface area contributed by atoms with Gasteiger partial charge in [-0.25, -0.2) is 14.4 Å². The molecule has 3 aromatic carbocycles. The van der Waals surface area contributed by atoms with Crippen molar-refractivity contribution in [1.82, 2.24) is 14.5 Å². The van der Waals surface area contributed by atoms with Crippen molar-refractivity contribution in [3.05, 3.63) is 84.6 Å². The van der Waals surface area contributed by atoms with E-state index in [1.54, 1.807) is 25.4 Å². The zero-order valence-corrected chi connectivity index (χ0v) is 19.2. The number of oxazole rings is 1. The Hall–Kier alpha value is -3.97. The maximum absolute atomic E-state index is 13.5. The van der Waals surface area contributed by atoms with Gasteiger partial charge < -0.3 is 19.0 Å². The molecular formula is C27H25FN4O2. The number of nitrogens with zero attached hydrogens (tertiary/aromatic N) is 3. The summed E-state index contributed by atoms with van der Waals surface area (Å²) in [5, 5.41) is 3.49. The minimum absolute atomic E-state index is 0.185. The van der Waals surface area contributed by atoms with Crippen LogP contribution < -0.4 is 5.32 Å². The fraction of sp³-hybridized carbons (Fsp3) is 0.185. The molecule has 0 bridgehead atoms. The third-order valence-electron chi connectivity index (χ3n) is 5.61. The second kappa shape index (κ2) is 9.11. The van der Waals surface area contributed by atoms with Crippen LogP contribution in [0.15, 0.2) is 77.3 Å². The molecule has 0 radical (unpaired) electrons. The van der Waals surface area contributed by atoms with Gasteiger partial charge in [0.2, 0.25) is 5.89 Å². The third kappa shape index (κ3) is 4.18. The van der Waals surface area contributed by atoms with Crippen LogP contribution in [0.4, 0.5) is 15.8 Å². The van der Waals surface area contributed by atoms with Crippen LogP contribution in [-0.2, 0) is 11.3 Å². The number of ether oxygens (including phenoxy) is 1. The van der Waals surface area contributed by atoms with Crippen LogP contribution in [0.25, 0.3) is 33.7 Å². The summed E-state index contributed by atoms with van der Waals surface area (Å²) < 4.78 is 26.5. The number of imidazole rings is 1. The van der Waals surface area contributed by atoms with Gasteiger partial charge in [-0.1, -0.05) is 6.07 Å². The highest BCUT2D eigenvalue weighted by atomic mass is 19.1. The molecule has 0 aliphatic rings. The van der Waals surface area contributed by atoms with Gasteiger partial charge in [-0.3, -0.25) is 0 Å². The summed E-state index contributed by atoms with van der Waals surface area (Å²) in [4.78, 5) is 9.18. The summed E-state index contributed by atoms with van der Waals surface area (Å²) >= 11 is 0. The van der Waals surface area contributed by atoms with Crippen LogP contribution in [0.2, 0.25) is 0 Å². The Morgan fingerprint density at radius 2 is 1.74 bits per heavy atom. The Kier molecular flexibility index (Phi) is 5.86. The molecule has 7 heteroatoms. The second-order valence-corrected chi connectivity index (χ2v) is 8.33. The SMILES string of the molecule is COCc1ncc(-c2ccc(Nc3cccc4c3nc(-c3ccc(F)cc3)n4C(C)C)cc2)o1. The number of anilines is 2. The van der Waals surface area contributed by atoms with Gasteiger partial charge in [0.05, 0.1) is 17.4 Å². The van der Waals surface area contributed by atoms with E-state index in [0.29, 0.717) is 18.3 Å². The van der Waals surface area contributed by atoms with Crippen molar-refractivity contribution >= 4 is 22.4 Å². The van der Waals surface area contributed by atoms with Gasteiger partial charge in [0.15, 0.2) is 5.76 Å². The molecule has 6 nitrogen and oxygen atoms in total. The molecule has 0 atom stereocenters. The van der Waals surface area contributed by atoms with E-state index in [4.69, 9.17) is 14.1 Å². The van der Waals surface area contributed by atoms with E-state index in [2.05, 4.69) is 34.8 Å². The Morgan fingerprint density at radius 3 is 2.44 bits per heavy atom. The van der Waals surface area contributed by atoms with Crippen molar-refractivity contribution in [2.24, 2.45) is 0 Å². The van der Waals surface area contributed by atoms with Gasteiger partial charge >= 0.3 is 0 Å². The molecule has 5 rings (SSSR count). The number of hydrogen-bond acceptors (Lipinski definition) is 5. The van der Waals surface area contributed by atoms with Crippen molar-refractivity contribution in [2.75, 3.05) is 12.4 Å². The molecule has 2 aromatic heterocycles. The first kappa shape index (κ1) is 21.9. The summed E-state index contributed by atoms with van der Waals surface area (Å²) in [6.07, 6.45) is 1.70. The number of methoxy groups -OCH3 is 1. The monoisotopic (exact) mass is 456 g/mol. The van der Waals surface area contributed by atoms with Gasteiger partial charge in [-0.15, -0.1) is 0 Å². The van der Waals surface area contributed by atoms with Gasteiger partial charge in [-0.05, 0) is 74.5 Å². The Balaban J connectivity index is 1.48. The molecule has 0 aliphatic carbocycles. The summed E-state index contributed by atoms with van der Waals surface area (Å²) in [6.45, 7) is 4.58. The fourth-order valence-corrected chi connectivity index (χ4v) is 4.05.